The summed E-state index contributed by atoms with van der Waals surface area (Å²) in [5, 5.41) is 3.66. The molecule has 0 aliphatic heterocycles. The van der Waals surface area contributed by atoms with Crippen LogP contribution in [-0.2, 0) is 0 Å². The molecule has 3 atom stereocenters. The summed E-state index contributed by atoms with van der Waals surface area (Å²) in [6, 6.07) is 6.72. The van der Waals surface area contributed by atoms with Gasteiger partial charge in [-0.1, -0.05) is 13.8 Å². The number of hydrogen-bond acceptors (Lipinski definition) is 2. The molecule has 94 valence electrons. The van der Waals surface area contributed by atoms with Gasteiger partial charge in [0.25, 0.3) is 0 Å². The molecule has 0 radical (unpaired) electrons. The van der Waals surface area contributed by atoms with Gasteiger partial charge in [-0.25, -0.2) is 0 Å². The number of nitrogen functional groups attached to an aromatic ring is 1. The van der Waals surface area contributed by atoms with Crippen LogP contribution in [0.5, 0.6) is 0 Å². The van der Waals surface area contributed by atoms with Gasteiger partial charge < -0.3 is 11.1 Å². The van der Waals surface area contributed by atoms with Crippen LogP contribution in [-0.4, -0.2) is 6.04 Å². The van der Waals surface area contributed by atoms with Gasteiger partial charge in [0.15, 0.2) is 0 Å². The molecular formula is C14H21IN2. The normalized spacial score (nSPS) is 29.0. The van der Waals surface area contributed by atoms with Crippen LogP contribution in [0.3, 0.4) is 0 Å². The monoisotopic (exact) mass is 344 g/mol. The van der Waals surface area contributed by atoms with Gasteiger partial charge in [0.05, 0.1) is 0 Å². The molecule has 1 aliphatic rings. The van der Waals surface area contributed by atoms with Crippen molar-refractivity contribution in [3.05, 3.63) is 21.8 Å². The Morgan fingerprint density at radius 3 is 2.65 bits per heavy atom. The van der Waals surface area contributed by atoms with Crippen LogP contribution < -0.4 is 11.1 Å². The summed E-state index contributed by atoms with van der Waals surface area (Å²) in [5.74, 6) is 1.70. The van der Waals surface area contributed by atoms with E-state index in [1.165, 1.54) is 28.5 Å². The molecule has 0 heterocycles. The first-order chi connectivity index (χ1) is 8.06. The van der Waals surface area contributed by atoms with E-state index in [0.717, 1.165) is 17.5 Å². The number of benzene rings is 1. The summed E-state index contributed by atoms with van der Waals surface area (Å²) in [7, 11) is 0. The van der Waals surface area contributed by atoms with Crippen LogP contribution in [0.1, 0.15) is 33.1 Å². The maximum atomic E-state index is 5.77. The summed E-state index contributed by atoms with van der Waals surface area (Å²) in [4.78, 5) is 0. The zero-order chi connectivity index (χ0) is 12.4. The number of halogens is 1. The number of hydrogen-bond donors (Lipinski definition) is 2. The van der Waals surface area contributed by atoms with Gasteiger partial charge in [0.1, 0.15) is 0 Å². The Balaban J connectivity index is 2.01. The molecule has 0 bridgehead atoms. The van der Waals surface area contributed by atoms with Crippen molar-refractivity contribution in [2.45, 2.75) is 39.2 Å². The van der Waals surface area contributed by atoms with E-state index >= 15 is 0 Å². The molecule has 3 unspecified atom stereocenters. The summed E-state index contributed by atoms with van der Waals surface area (Å²) in [6.07, 6.45) is 3.90. The molecule has 3 N–H and O–H groups in total. The molecule has 1 aromatic carbocycles. The fraction of sp³-hybridized carbons (Fsp3) is 0.571. The van der Waals surface area contributed by atoms with Gasteiger partial charge >= 0.3 is 0 Å². The third kappa shape index (κ3) is 3.27. The maximum absolute atomic E-state index is 5.77. The summed E-state index contributed by atoms with van der Waals surface area (Å²) >= 11 is 2.35. The Bertz CT molecular complexity index is 392. The molecule has 3 heteroatoms. The Kier molecular flexibility index (Phi) is 4.17. The minimum atomic E-state index is 0.623. The highest BCUT2D eigenvalue weighted by atomic mass is 127. The second-order valence-electron chi connectivity index (χ2n) is 5.35. The molecule has 1 aliphatic carbocycles. The Hall–Kier alpha value is -0.450. The lowest BCUT2D eigenvalue weighted by Gasteiger charge is -2.33. The largest absolute Gasteiger partial charge is 0.399 e. The summed E-state index contributed by atoms with van der Waals surface area (Å²) in [5.41, 5.74) is 7.84. The van der Waals surface area contributed by atoms with E-state index in [-0.39, 0.29) is 0 Å². The topological polar surface area (TPSA) is 38.0 Å². The van der Waals surface area contributed by atoms with Crippen LogP contribution in [0.4, 0.5) is 11.4 Å². The van der Waals surface area contributed by atoms with Crippen molar-refractivity contribution in [3.63, 3.8) is 0 Å². The first-order valence-corrected chi connectivity index (χ1v) is 7.45. The van der Waals surface area contributed by atoms with Crippen molar-refractivity contribution in [1.82, 2.24) is 0 Å². The van der Waals surface area contributed by atoms with Crippen LogP contribution in [0.15, 0.2) is 18.2 Å². The number of rotatable bonds is 2. The molecule has 1 aromatic rings. The van der Waals surface area contributed by atoms with Gasteiger partial charge in [0, 0.05) is 21.0 Å². The van der Waals surface area contributed by atoms with E-state index in [0.29, 0.717) is 6.04 Å². The third-order valence-corrected chi connectivity index (χ3v) is 4.84. The minimum Gasteiger partial charge on any atom is -0.399 e. The lowest BCUT2D eigenvalue weighted by Crippen LogP contribution is -2.30. The lowest BCUT2D eigenvalue weighted by atomic mass is 9.79. The SMILES string of the molecule is CC1CCC(Nc2ccc(N)cc2I)CC1C. The van der Waals surface area contributed by atoms with Gasteiger partial charge in [-0.3, -0.25) is 0 Å². The van der Waals surface area contributed by atoms with Crippen molar-refractivity contribution < 1.29 is 0 Å². The second kappa shape index (κ2) is 5.46. The van der Waals surface area contributed by atoms with E-state index in [9.17, 15) is 0 Å². The molecule has 0 saturated heterocycles. The summed E-state index contributed by atoms with van der Waals surface area (Å²) < 4.78 is 1.22. The van der Waals surface area contributed by atoms with E-state index in [1.54, 1.807) is 0 Å². The highest BCUT2D eigenvalue weighted by Gasteiger charge is 2.24. The molecular weight excluding hydrogens is 323 g/mol. The smallest absolute Gasteiger partial charge is 0.0479 e. The molecule has 0 spiro atoms. The predicted octanol–water partition coefficient (Wildman–Crippen LogP) is 4.11. The van der Waals surface area contributed by atoms with Crippen LogP contribution in [0, 0.1) is 15.4 Å². The Labute approximate surface area is 117 Å². The molecule has 1 fully saturated rings. The van der Waals surface area contributed by atoms with Gasteiger partial charge in [-0.2, -0.15) is 0 Å². The van der Waals surface area contributed by atoms with Crippen LogP contribution in [0.25, 0.3) is 0 Å². The molecule has 0 amide bonds. The minimum absolute atomic E-state index is 0.623. The maximum Gasteiger partial charge on any atom is 0.0479 e. The van der Waals surface area contributed by atoms with Crippen molar-refractivity contribution in [3.8, 4) is 0 Å². The first-order valence-electron chi connectivity index (χ1n) is 6.38. The molecule has 0 aromatic heterocycles. The number of nitrogens with two attached hydrogens (primary N) is 1. The van der Waals surface area contributed by atoms with Crippen molar-refractivity contribution in [2.24, 2.45) is 11.8 Å². The second-order valence-corrected chi connectivity index (χ2v) is 6.51. The number of nitrogens with one attached hydrogen (secondary N) is 1. The average molecular weight is 344 g/mol. The van der Waals surface area contributed by atoms with E-state index in [4.69, 9.17) is 5.73 Å². The highest BCUT2D eigenvalue weighted by molar-refractivity contribution is 14.1. The number of anilines is 2. The molecule has 2 rings (SSSR count). The predicted molar refractivity (Wildman–Crippen MR) is 83.2 cm³/mol. The van der Waals surface area contributed by atoms with Gasteiger partial charge in [-0.15, -0.1) is 0 Å². The zero-order valence-corrected chi connectivity index (χ0v) is 12.7. The Morgan fingerprint density at radius 1 is 1.24 bits per heavy atom. The standard InChI is InChI=1S/C14H21IN2/c1-9-3-5-12(7-10(9)2)17-14-6-4-11(16)8-13(14)15/h4,6,8-10,12,17H,3,5,7,16H2,1-2H3. The Morgan fingerprint density at radius 2 is 2.00 bits per heavy atom. The molecule has 1 saturated carbocycles. The van der Waals surface area contributed by atoms with Crippen molar-refractivity contribution in [2.75, 3.05) is 11.1 Å². The molecule has 2 nitrogen and oxygen atoms in total. The lowest BCUT2D eigenvalue weighted by molar-refractivity contribution is 0.261. The fourth-order valence-corrected chi connectivity index (χ4v) is 3.24. The van der Waals surface area contributed by atoms with Gasteiger partial charge in [-0.05, 0) is 71.9 Å². The quantitative estimate of drug-likeness (QED) is 0.626. The molecule has 17 heavy (non-hydrogen) atoms. The zero-order valence-electron chi connectivity index (χ0n) is 10.5. The van der Waals surface area contributed by atoms with E-state index in [1.807, 2.05) is 12.1 Å². The van der Waals surface area contributed by atoms with Crippen molar-refractivity contribution in [1.29, 1.82) is 0 Å². The van der Waals surface area contributed by atoms with E-state index in [2.05, 4.69) is 47.8 Å². The average Bonchev–Trinajstić information content (AvgIpc) is 2.27. The first kappa shape index (κ1) is 13.0. The van der Waals surface area contributed by atoms with E-state index < -0.39 is 0 Å². The van der Waals surface area contributed by atoms with Crippen LogP contribution >= 0.6 is 22.6 Å². The third-order valence-electron chi connectivity index (χ3n) is 3.95. The highest BCUT2D eigenvalue weighted by Crippen LogP contribution is 2.32. The van der Waals surface area contributed by atoms with Crippen molar-refractivity contribution >= 4 is 34.0 Å². The summed E-state index contributed by atoms with van der Waals surface area (Å²) in [6.45, 7) is 4.74. The van der Waals surface area contributed by atoms with Gasteiger partial charge in [0.2, 0.25) is 0 Å². The van der Waals surface area contributed by atoms with Crippen LogP contribution in [0.2, 0.25) is 0 Å². The fourth-order valence-electron chi connectivity index (χ4n) is 2.55.